The largest absolute Gasteiger partial charge is 0.351 e. The molecule has 2 rings (SSSR count). The molecule has 0 spiro atoms. The van der Waals surface area contributed by atoms with E-state index in [1.54, 1.807) is 0 Å². The van der Waals surface area contributed by atoms with Gasteiger partial charge in [0.2, 0.25) is 11.8 Å². The fourth-order valence-electron chi connectivity index (χ4n) is 2.55. The van der Waals surface area contributed by atoms with E-state index in [0.717, 1.165) is 24.1 Å². The first-order valence-corrected chi connectivity index (χ1v) is 8.16. The SMILES string of the molecule is CC(C)(C)[C@H](N)C(=O)NCc1ccc(CN2CCCC2=O)cc1.Cl. The highest BCUT2D eigenvalue weighted by molar-refractivity contribution is 5.85. The molecule has 1 aliphatic heterocycles. The minimum absolute atomic E-state index is 0. The molecule has 1 aromatic rings. The molecular formula is C18H28ClN3O2. The Hall–Kier alpha value is -1.59. The molecular weight excluding hydrogens is 326 g/mol. The van der Waals surface area contributed by atoms with E-state index in [-0.39, 0.29) is 29.6 Å². The maximum Gasteiger partial charge on any atom is 0.237 e. The van der Waals surface area contributed by atoms with Crippen molar-refractivity contribution in [2.45, 2.75) is 52.7 Å². The third-order valence-electron chi connectivity index (χ3n) is 4.25. The van der Waals surface area contributed by atoms with Crippen molar-refractivity contribution in [3.05, 3.63) is 35.4 Å². The molecule has 1 saturated heterocycles. The van der Waals surface area contributed by atoms with E-state index in [1.807, 2.05) is 49.9 Å². The van der Waals surface area contributed by atoms with Crippen molar-refractivity contribution in [3.8, 4) is 0 Å². The van der Waals surface area contributed by atoms with Crippen LogP contribution in [0.1, 0.15) is 44.7 Å². The van der Waals surface area contributed by atoms with Crippen LogP contribution in [-0.2, 0) is 22.7 Å². The molecule has 6 heteroatoms. The third kappa shape index (κ3) is 5.49. The average molecular weight is 354 g/mol. The molecule has 0 bridgehead atoms. The van der Waals surface area contributed by atoms with E-state index in [1.165, 1.54) is 0 Å². The third-order valence-corrected chi connectivity index (χ3v) is 4.25. The number of hydrogen-bond acceptors (Lipinski definition) is 3. The summed E-state index contributed by atoms with van der Waals surface area (Å²) in [7, 11) is 0. The summed E-state index contributed by atoms with van der Waals surface area (Å²) >= 11 is 0. The number of hydrogen-bond donors (Lipinski definition) is 2. The van der Waals surface area contributed by atoms with E-state index in [0.29, 0.717) is 19.5 Å². The van der Waals surface area contributed by atoms with Crippen LogP contribution < -0.4 is 11.1 Å². The van der Waals surface area contributed by atoms with Crippen LogP contribution in [0.15, 0.2) is 24.3 Å². The zero-order chi connectivity index (χ0) is 17.0. The number of likely N-dealkylation sites (tertiary alicyclic amines) is 1. The number of carbonyl (C=O) groups is 2. The maximum absolute atomic E-state index is 12.0. The highest BCUT2D eigenvalue weighted by atomic mass is 35.5. The molecule has 0 aliphatic carbocycles. The van der Waals surface area contributed by atoms with Crippen molar-refractivity contribution in [2.75, 3.05) is 6.54 Å². The van der Waals surface area contributed by atoms with E-state index in [9.17, 15) is 9.59 Å². The number of nitrogens with zero attached hydrogens (tertiary/aromatic N) is 1. The summed E-state index contributed by atoms with van der Waals surface area (Å²) in [6.07, 6.45) is 1.62. The van der Waals surface area contributed by atoms with Crippen molar-refractivity contribution in [3.63, 3.8) is 0 Å². The Morgan fingerprint density at radius 3 is 2.33 bits per heavy atom. The maximum atomic E-state index is 12.0. The lowest BCUT2D eigenvalue weighted by Gasteiger charge is -2.25. The molecule has 0 aromatic heterocycles. The molecule has 2 amide bonds. The summed E-state index contributed by atoms with van der Waals surface area (Å²) in [6.45, 7) is 7.83. The Bertz CT molecular complexity index is 567. The van der Waals surface area contributed by atoms with Gasteiger partial charge < -0.3 is 16.0 Å². The van der Waals surface area contributed by atoms with Crippen molar-refractivity contribution >= 4 is 24.2 Å². The fraction of sp³-hybridized carbons (Fsp3) is 0.556. The Morgan fingerprint density at radius 2 is 1.83 bits per heavy atom. The number of rotatable bonds is 5. The van der Waals surface area contributed by atoms with Crippen molar-refractivity contribution in [2.24, 2.45) is 11.1 Å². The predicted molar refractivity (Wildman–Crippen MR) is 97.6 cm³/mol. The van der Waals surface area contributed by atoms with Gasteiger partial charge in [-0.1, -0.05) is 45.0 Å². The molecule has 1 fully saturated rings. The lowest BCUT2D eigenvalue weighted by Crippen LogP contribution is -2.48. The normalized spacial score (nSPS) is 15.8. The van der Waals surface area contributed by atoms with Crippen LogP contribution in [0.2, 0.25) is 0 Å². The molecule has 0 saturated carbocycles. The van der Waals surface area contributed by atoms with Gasteiger partial charge in [-0.05, 0) is 23.0 Å². The Balaban J connectivity index is 0.00000288. The summed E-state index contributed by atoms with van der Waals surface area (Å²) < 4.78 is 0. The van der Waals surface area contributed by atoms with Gasteiger partial charge in [0, 0.05) is 26.1 Å². The van der Waals surface area contributed by atoms with Crippen LogP contribution in [0.4, 0.5) is 0 Å². The van der Waals surface area contributed by atoms with Gasteiger partial charge in [-0.25, -0.2) is 0 Å². The van der Waals surface area contributed by atoms with Gasteiger partial charge in [0.1, 0.15) is 0 Å². The lowest BCUT2D eigenvalue weighted by molar-refractivity contribution is -0.128. The van der Waals surface area contributed by atoms with Gasteiger partial charge in [-0.3, -0.25) is 9.59 Å². The Labute approximate surface area is 150 Å². The second kappa shape index (κ2) is 8.49. The number of nitrogens with two attached hydrogens (primary N) is 1. The first-order chi connectivity index (χ1) is 10.8. The monoisotopic (exact) mass is 353 g/mol. The second-order valence-corrected chi connectivity index (χ2v) is 7.30. The van der Waals surface area contributed by atoms with Crippen LogP contribution in [-0.4, -0.2) is 29.3 Å². The standard InChI is InChI=1S/C18H27N3O2.ClH/c1-18(2,3)16(19)17(23)20-11-13-6-8-14(9-7-13)12-21-10-4-5-15(21)22;/h6-9,16H,4-5,10-12,19H2,1-3H3,(H,20,23);1H/t16-;/m1./s1. The number of carbonyl (C=O) groups excluding carboxylic acids is 2. The van der Waals surface area contributed by atoms with E-state index in [4.69, 9.17) is 5.73 Å². The first-order valence-electron chi connectivity index (χ1n) is 8.16. The molecule has 1 atom stereocenters. The van der Waals surface area contributed by atoms with E-state index >= 15 is 0 Å². The van der Waals surface area contributed by atoms with Crippen LogP contribution in [0, 0.1) is 5.41 Å². The van der Waals surface area contributed by atoms with E-state index in [2.05, 4.69) is 5.32 Å². The minimum atomic E-state index is -0.525. The highest BCUT2D eigenvalue weighted by Crippen LogP contribution is 2.17. The summed E-state index contributed by atoms with van der Waals surface area (Å²) in [6, 6.07) is 7.47. The fourth-order valence-corrected chi connectivity index (χ4v) is 2.55. The Kier molecular flexibility index (Phi) is 7.24. The quantitative estimate of drug-likeness (QED) is 0.852. The molecule has 24 heavy (non-hydrogen) atoms. The summed E-state index contributed by atoms with van der Waals surface area (Å²) in [5.41, 5.74) is 7.82. The first kappa shape index (κ1) is 20.5. The zero-order valence-electron chi connectivity index (χ0n) is 14.7. The molecule has 134 valence electrons. The molecule has 0 radical (unpaired) electrons. The van der Waals surface area contributed by atoms with Gasteiger partial charge in [0.05, 0.1) is 6.04 Å². The zero-order valence-corrected chi connectivity index (χ0v) is 15.5. The van der Waals surface area contributed by atoms with E-state index < -0.39 is 6.04 Å². The predicted octanol–water partition coefficient (Wildman–Crippen LogP) is 2.22. The lowest BCUT2D eigenvalue weighted by atomic mass is 9.87. The number of halogens is 1. The highest BCUT2D eigenvalue weighted by Gasteiger charge is 2.27. The van der Waals surface area contributed by atoms with Crippen molar-refractivity contribution in [1.29, 1.82) is 0 Å². The Morgan fingerprint density at radius 1 is 1.25 bits per heavy atom. The smallest absolute Gasteiger partial charge is 0.237 e. The molecule has 1 heterocycles. The summed E-state index contributed by atoms with van der Waals surface area (Å²) in [4.78, 5) is 25.5. The van der Waals surface area contributed by atoms with Gasteiger partial charge in [-0.2, -0.15) is 0 Å². The number of nitrogens with one attached hydrogen (secondary N) is 1. The van der Waals surface area contributed by atoms with Crippen LogP contribution >= 0.6 is 12.4 Å². The second-order valence-electron chi connectivity index (χ2n) is 7.30. The molecule has 0 unspecified atom stereocenters. The van der Waals surface area contributed by atoms with Gasteiger partial charge in [-0.15, -0.1) is 12.4 Å². The molecule has 5 nitrogen and oxygen atoms in total. The summed E-state index contributed by atoms with van der Waals surface area (Å²) in [5, 5.41) is 2.88. The minimum Gasteiger partial charge on any atom is -0.351 e. The van der Waals surface area contributed by atoms with Crippen LogP contribution in [0.25, 0.3) is 0 Å². The molecule has 1 aliphatic rings. The van der Waals surface area contributed by atoms with Crippen LogP contribution in [0.5, 0.6) is 0 Å². The number of amides is 2. The van der Waals surface area contributed by atoms with Gasteiger partial charge in [0.25, 0.3) is 0 Å². The topological polar surface area (TPSA) is 75.4 Å². The average Bonchev–Trinajstić information content (AvgIpc) is 2.89. The van der Waals surface area contributed by atoms with Crippen molar-refractivity contribution in [1.82, 2.24) is 10.2 Å². The van der Waals surface area contributed by atoms with Crippen LogP contribution in [0.3, 0.4) is 0 Å². The van der Waals surface area contributed by atoms with Gasteiger partial charge >= 0.3 is 0 Å². The molecule has 1 aromatic carbocycles. The van der Waals surface area contributed by atoms with Crippen molar-refractivity contribution < 1.29 is 9.59 Å². The summed E-state index contributed by atoms with van der Waals surface area (Å²) in [5.74, 6) is 0.0988. The van der Waals surface area contributed by atoms with Gasteiger partial charge in [0.15, 0.2) is 0 Å². The molecule has 3 N–H and O–H groups in total. The number of benzene rings is 1.